The van der Waals surface area contributed by atoms with Crippen LogP contribution in [0.3, 0.4) is 0 Å². The van der Waals surface area contributed by atoms with E-state index in [0.717, 1.165) is 0 Å². The third-order valence-electron chi connectivity index (χ3n) is 3.25. The van der Waals surface area contributed by atoms with E-state index in [4.69, 9.17) is 0 Å². The molecule has 0 fully saturated rings. The SMILES string of the molecule is CC1=C(C)/C=C\C2=C(/C=C\1)CCCC2. The van der Waals surface area contributed by atoms with Gasteiger partial charge in [-0.2, -0.15) is 0 Å². The molecule has 0 saturated heterocycles. The highest BCUT2D eigenvalue weighted by Crippen LogP contribution is 2.28. The molecule has 0 unspecified atom stereocenters. The highest BCUT2D eigenvalue weighted by atomic mass is 14.1. The topological polar surface area (TPSA) is 0 Å². The second-order valence-electron chi connectivity index (χ2n) is 4.29. The van der Waals surface area contributed by atoms with Gasteiger partial charge in [0.25, 0.3) is 0 Å². The minimum Gasteiger partial charge on any atom is -0.0588 e. The van der Waals surface area contributed by atoms with Crippen LogP contribution in [-0.2, 0) is 0 Å². The van der Waals surface area contributed by atoms with Crippen LogP contribution in [0.25, 0.3) is 0 Å². The summed E-state index contributed by atoms with van der Waals surface area (Å²) in [5.41, 5.74) is 5.88. The molecule has 14 heavy (non-hydrogen) atoms. The second-order valence-corrected chi connectivity index (χ2v) is 4.29. The molecule has 0 bridgehead atoms. The van der Waals surface area contributed by atoms with E-state index in [0.29, 0.717) is 0 Å². The van der Waals surface area contributed by atoms with E-state index >= 15 is 0 Å². The van der Waals surface area contributed by atoms with Crippen molar-refractivity contribution in [1.29, 1.82) is 0 Å². The number of hydrogen-bond acceptors (Lipinski definition) is 0. The highest BCUT2D eigenvalue weighted by molar-refractivity contribution is 5.44. The summed E-state index contributed by atoms with van der Waals surface area (Å²) in [5.74, 6) is 0. The van der Waals surface area contributed by atoms with E-state index in [9.17, 15) is 0 Å². The molecule has 2 aliphatic carbocycles. The molecule has 0 aromatic rings. The Morgan fingerprint density at radius 2 is 1.14 bits per heavy atom. The fourth-order valence-corrected chi connectivity index (χ4v) is 2.05. The van der Waals surface area contributed by atoms with Crippen LogP contribution in [0, 0.1) is 0 Å². The van der Waals surface area contributed by atoms with Crippen LogP contribution in [0.4, 0.5) is 0 Å². The normalized spacial score (nSPS) is 31.9. The van der Waals surface area contributed by atoms with Crippen LogP contribution in [-0.4, -0.2) is 0 Å². The molecule has 0 radical (unpaired) electrons. The van der Waals surface area contributed by atoms with Crippen LogP contribution >= 0.6 is 0 Å². The lowest BCUT2D eigenvalue weighted by Gasteiger charge is -2.17. The first-order valence-electron chi connectivity index (χ1n) is 5.53. The zero-order chi connectivity index (χ0) is 9.97. The molecule has 0 aliphatic heterocycles. The standard InChI is InChI=1S/C14H18/c1-11-7-9-13-5-3-4-6-14(13)10-8-12(11)2/h7-10H,3-6H2,1-2H3/b9-7-,10-8-,11-7?,12-8?,12-11-,13-9?,14-10?. The van der Waals surface area contributed by atoms with Gasteiger partial charge < -0.3 is 0 Å². The molecule has 0 aromatic carbocycles. The highest BCUT2D eigenvalue weighted by Gasteiger charge is 2.09. The van der Waals surface area contributed by atoms with Gasteiger partial charge in [-0.15, -0.1) is 0 Å². The molecule has 0 spiro atoms. The Balaban J connectivity index is 2.35. The molecule has 0 heteroatoms. The summed E-state index contributed by atoms with van der Waals surface area (Å²) < 4.78 is 0. The first-order valence-corrected chi connectivity index (χ1v) is 5.53. The Kier molecular flexibility index (Phi) is 2.72. The van der Waals surface area contributed by atoms with Crippen LogP contribution < -0.4 is 0 Å². The first kappa shape index (κ1) is 9.51. The van der Waals surface area contributed by atoms with Gasteiger partial charge >= 0.3 is 0 Å². The predicted octanol–water partition coefficient (Wildman–Crippen LogP) is 4.32. The van der Waals surface area contributed by atoms with Gasteiger partial charge in [0.15, 0.2) is 0 Å². The summed E-state index contributed by atoms with van der Waals surface area (Å²) >= 11 is 0. The fourth-order valence-electron chi connectivity index (χ4n) is 2.05. The van der Waals surface area contributed by atoms with Gasteiger partial charge in [-0.3, -0.25) is 0 Å². The zero-order valence-electron chi connectivity index (χ0n) is 9.14. The molecule has 0 atom stereocenters. The summed E-state index contributed by atoms with van der Waals surface area (Å²) in [6.07, 6.45) is 14.4. The van der Waals surface area contributed by atoms with Crippen molar-refractivity contribution in [2.75, 3.05) is 0 Å². The quantitative estimate of drug-likeness (QED) is 0.528. The third-order valence-corrected chi connectivity index (χ3v) is 3.25. The summed E-state index contributed by atoms with van der Waals surface area (Å²) in [5, 5.41) is 0. The maximum absolute atomic E-state index is 2.32. The van der Waals surface area contributed by atoms with Crippen LogP contribution in [0.1, 0.15) is 39.5 Å². The smallest absolute Gasteiger partial charge is 0.0276 e. The lowest BCUT2D eigenvalue weighted by molar-refractivity contribution is 0.693. The van der Waals surface area contributed by atoms with Crippen molar-refractivity contribution in [2.45, 2.75) is 39.5 Å². The van der Waals surface area contributed by atoms with Crippen molar-refractivity contribution < 1.29 is 0 Å². The van der Waals surface area contributed by atoms with E-state index in [1.54, 1.807) is 11.1 Å². The van der Waals surface area contributed by atoms with Crippen LogP contribution in [0.5, 0.6) is 0 Å². The van der Waals surface area contributed by atoms with Crippen LogP contribution in [0.15, 0.2) is 46.6 Å². The zero-order valence-corrected chi connectivity index (χ0v) is 9.14. The molecule has 0 heterocycles. The summed E-state index contributed by atoms with van der Waals surface area (Å²) in [6, 6.07) is 0. The summed E-state index contributed by atoms with van der Waals surface area (Å²) in [4.78, 5) is 0. The van der Waals surface area contributed by atoms with E-state index in [1.165, 1.54) is 36.8 Å². The van der Waals surface area contributed by atoms with Crippen LogP contribution in [0.2, 0.25) is 0 Å². The van der Waals surface area contributed by atoms with E-state index in [1.807, 2.05) is 0 Å². The average Bonchev–Trinajstić information content (AvgIpc) is 2.21. The molecule has 74 valence electrons. The van der Waals surface area contributed by atoms with E-state index < -0.39 is 0 Å². The van der Waals surface area contributed by atoms with Gasteiger partial charge in [-0.1, -0.05) is 24.3 Å². The first-order chi connectivity index (χ1) is 6.77. The molecule has 0 N–H and O–H groups in total. The molecular weight excluding hydrogens is 168 g/mol. The van der Waals surface area contributed by atoms with Crippen molar-refractivity contribution >= 4 is 0 Å². The largest absolute Gasteiger partial charge is 0.0588 e. The fraction of sp³-hybridized carbons (Fsp3) is 0.429. The van der Waals surface area contributed by atoms with Crippen molar-refractivity contribution in [2.24, 2.45) is 0 Å². The molecule has 0 saturated carbocycles. The van der Waals surface area contributed by atoms with E-state index in [-0.39, 0.29) is 0 Å². The van der Waals surface area contributed by atoms with Gasteiger partial charge in [0.1, 0.15) is 0 Å². The Morgan fingerprint density at radius 1 is 0.714 bits per heavy atom. The predicted molar refractivity (Wildman–Crippen MR) is 62.1 cm³/mol. The monoisotopic (exact) mass is 186 g/mol. The second kappa shape index (κ2) is 4.00. The van der Waals surface area contributed by atoms with Gasteiger partial charge in [0, 0.05) is 0 Å². The van der Waals surface area contributed by atoms with Gasteiger partial charge in [0.2, 0.25) is 0 Å². The van der Waals surface area contributed by atoms with E-state index in [2.05, 4.69) is 38.2 Å². The molecule has 2 rings (SSSR count). The molecule has 0 aromatic heterocycles. The van der Waals surface area contributed by atoms with Gasteiger partial charge in [-0.05, 0) is 61.8 Å². The van der Waals surface area contributed by atoms with Crippen molar-refractivity contribution in [3.63, 3.8) is 0 Å². The number of hydrogen-bond donors (Lipinski definition) is 0. The third kappa shape index (κ3) is 1.89. The van der Waals surface area contributed by atoms with Crippen molar-refractivity contribution in [3.8, 4) is 0 Å². The van der Waals surface area contributed by atoms with Gasteiger partial charge in [-0.25, -0.2) is 0 Å². The van der Waals surface area contributed by atoms with Crippen molar-refractivity contribution in [3.05, 3.63) is 46.6 Å². The maximum atomic E-state index is 2.32. The molecule has 0 amide bonds. The number of rotatable bonds is 0. The molecule has 2 aliphatic rings. The van der Waals surface area contributed by atoms with Crippen molar-refractivity contribution in [1.82, 2.24) is 0 Å². The maximum Gasteiger partial charge on any atom is -0.0276 e. The lowest BCUT2D eigenvalue weighted by atomic mass is 9.89. The Labute approximate surface area is 86.7 Å². The lowest BCUT2D eigenvalue weighted by Crippen LogP contribution is -1.97. The number of allylic oxidation sites excluding steroid dienone is 8. The Bertz CT molecular complexity index is 314. The summed E-state index contributed by atoms with van der Waals surface area (Å²) in [6.45, 7) is 4.37. The molecular formula is C14H18. The van der Waals surface area contributed by atoms with Gasteiger partial charge in [0.05, 0.1) is 0 Å². The summed E-state index contributed by atoms with van der Waals surface area (Å²) in [7, 11) is 0. The minimum absolute atomic E-state index is 1.27. The Hall–Kier alpha value is -1.04. The Morgan fingerprint density at radius 3 is 1.57 bits per heavy atom. The molecule has 0 nitrogen and oxygen atoms in total. The minimum atomic E-state index is 1.27. The average molecular weight is 186 g/mol.